The number of fused-ring (bicyclic) bond motifs is 1. The Hall–Kier alpha value is -2.93. The minimum absolute atomic E-state index is 0.130. The molecule has 0 unspecified atom stereocenters. The van der Waals surface area contributed by atoms with Crippen LogP contribution in [0.3, 0.4) is 0 Å². The molecule has 3 rings (SSSR count). The summed E-state index contributed by atoms with van der Waals surface area (Å²) in [6.45, 7) is 1.76. The van der Waals surface area contributed by atoms with Crippen LogP contribution in [0.1, 0.15) is 15.9 Å². The van der Waals surface area contributed by atoms with Gasteiger partial charge in [-0.05, 0) is 36.8 Å². The molecular weight excluding hydrogens is 410 g/mol. The maximum absolute atomic E-state index is 12.8. The molecule has 0 aliphatic carbocycles. The number of likely N-dealkylation sites (N-methyl/N-ethyl adjacent to an activating group) is 1. The zero-order valence-electron chi connectivity index (χ0n) is 14.9. The Bertz CT molecular complexity index is 1090. The summed E-state index contributed by atoms with van der Waals surface area (Å²) in [6, 6.07) is 13.9. The van der Waals surface area contributed by atoms with E-state index < -0.39 is 0 Å². The number of rotatable bonds is 4. The monoisotopic (exact) mass is 427 g/mol. The lowest BCUT2D eigenvalue weighted by Gasteiger charge is -2.18. The van der Waals surface area contributed by atoms with Crippen molar-refractivity contribution in [2.45, 2.75) is 6.92 Å². The van der Waals surface area contributed by atoms with Crippen LogP contribution in [0.25, 0.3) is 10.9 Å². The van der Waals surface area contributed by atoms with Crippen molar-refractivity contribution in [1.82, 2.24) is 9.88 Å². The quantitative estimate of drug-likeness (QED) is 0.669. The summed E-state index contributed by atoms with van der Waals surface area (Å²) in [5, 5.41) is 3.44. The molecule has 6 nitrogen and oxygen atoms in total. The van der Waals surface area contributed by atoms with Gasteiger partial charge in [-0.3, -0.25) is 14.4 Å². The number of para-hydroxylation sites is 1. The van der Waals surface area contributed by atoms with Crippen LogP contribution >= 0.6 is 15.9 Å². The number of halogens is 1. The number of pyridine rings is 1. The van der Waals surface area contributed by atoms with Crippen LogP contribution in [0.2, 0.25) is 0 Å². The second-order valence-corrected chi connectivity index (χ2v) is 7.18. The van der Waals surface area contributed by atoms with Crippen molar-refractivity contribution in [2.75, 3.05) is 18.9 Å². The maximum atomic E-state index is 12.8. The van der Waals surface area contributed by atoms with E-state index in [1.165, 1.54) is 18.0 Å². The molecule has 138 valence electrons. The number of aryl methyl sites for hydroxylation is 1. The van der Waals surface area contributed by atoms with Gasteiger partial charge in [0, 0.05) is 34.2 Å². The second-order valence-electron chi connectivity index (χ2n) is 6.26. The predicted molar refractivity (Wildman–Crippen MR) is 109 cm³/mol. The summed E-state index contributed by atoms with van der Waals surface area (Å²) < 4.78 is 0.923. The topological polar surface area (TPSA) is 82.3 Å². The van der Waals surface area contributed by atoms with E-state index in [4.69, 9.17) is 0 Å². The molecule has 0 aliphatic rings. The highest BCUT2D eigenvalue weighted by molar-refractivity contribution is 9.10. The molecule has 27 heavy (non-hydrogen) atoms. The number of carbonyl (C=O) groups excluding carboxylic acids is 2. The van der Waals surface area contributed by atoms with Gasteiger partial charge in [-0.15, -0.1) is 0 Å². The first-order chi connectivity index (χ1) is 12.8. The third-order valence-corrected chi connectivity index (χ3v) is 4.66. The molecule has 1 aromatic heterocycles. The van der Waals surface area contributed by atoms with Gasteiger partial charge in [-0.1, -0.05) is 34.1 Å². The fraction of sp³-hybridized carbons (Fsp3) is 0.150. The Morgan fingerprint density at radius 2 is 1.89 bits per heavy atom. The minimum atomic E-state index is -0.389. The van der Waals surface area contributed by atoms with E-state index in [9.17, 15) is 14.4 Å². The lowest BCUT2D eigenvalue weighted by Crippen LogP contribution is -2.35. The van der Waals surface area contributed by atoms with Gasteiger partial charge in [-0.25, -0.2) is 0 Å². The van der Waals surface area contributed by atoms with Crippen molar-refractivity contribution in [3.8, 4) is 0 Å². The Balaban J connectivity index is 1.78. The smallest absolute Gasteiger partial charge is 0.254 e. The first kappa shape index (κ1) is 18.8. The molecular formula is C20H18BrN3O3. The van der Waals surface area contributed by atoms with E-state index in [0.29, 0.717) is 16.6 Å². The average molecular weight is 428 g/mol. The van der Waals surface area contributed by atoms with Crippen molar-refractivity contribution < 1.29 is 9.59 Å². The van der Waals surface area contributed by atoms with Crippen LogP contribution in [0.5, 0.6) is 0 Å². The Labute approximate surface area is 164 Å². The number of anilines is 1. The highest BCUT2D eigenvalue weighted by Crippen LogP contribution is 2.20. The average Bonchev–Trinajstić information content (AvgIpc) is 2.62. The molecule has 0 bridgehead atoms. The van der Waals surface area contributed by atoms with Crippen LogP contribution < -0.4 is 10.9 Å². The maximum Gasteiger partial charge on any atom is 0.254 e. The van der Waals surface area contributed by atoms with Crippen LogP contribution in [0.15, 0.2) is 57.8 Å². The first-order valence-corrected chi connectivity index (χ1v) is 9.08. The van der Waals surface area contributed by atoms with Crippen LogP contribution in [0, 0.1) is 6.92 Å². The molecule has 7 heteroatoms. The van der Waals surface area contributed by atoms with Gasteiger partial charge in [0.05, 0.1) is 12.1 Å². The fourth-order valence-electron chi connectivity index (χ4n) is 2.83. The van der Waals surface area contributed by atoms with Crippen LogP contribution in [0.4, 0.5) is 5.69 Å². The number of nitrogens with zero attached hydrogens (tertiary/aromatic N) is 1. The summed E-state index contributed by atoms with van der Waals surface area (Å²) in [7, 11) is 1.53. The second kappa shape index (κ2) is 7.75. The third kappa shape index (κ3) is 4.25. The largest absolute Gasteiger partial charge is 0.332 e. The summed E-state index contributed by atoms with van der Waals surface area (Å²) in [5.41, 5.74) is 2.08. The van der Waals surface area contributed by atoms with Gasteiger partial charge in [0.15, 0.2) is 0 Å². The van der Waals surface area contributed by atoms with Gasteiger partial charge in [0.25, 0.3) is 5.91 Å². The van der Waals surface area contributed by atoms with Gasteiger partial charge in [0.1, 0.15) is 0 Å². The number of nitrogens with one attached hydrogen (secondary N) is 2. The standard InChI is InChI=1S/C20H18BrN3O3/c1-12-9-13(21)7-8-16(12)22-19(26)11-24(2)20(27)15-10-18(25)23-17-6-4-3-5-14(15)17/h3-10H,11H2,1-2H3,(H,22,26)(H,23,25). The van der Waals surface area contributed by atoms with Crippen molar-refractivity contribution in [2.24, 2.45) is 0 Å². The summed E-state index contributed by atoms with van der Waals surface area (Å²) in [6.07, 6.45) is 0. The number of carbonyl (C=O) groups is 2. The Kier molecular flexibility index (Phi) is 5.41. The number of benzene rings is 2. The van der Waals surface area contributed by atoms with Gasteiger partial charge < -0.3 is 15.2 Å². The van der Waals surface area contributed by atoms with E-state index in [-0.39, 0.29) is 29.5 Å². The fourth-order valence-corrected chi connectivity index (χ4v) is 3.31. The number of amides is 2. The molecule has 1 heterocycles. The normalized spacial score (nSPS) is 10.6. The summed E-state index contributed by atoms with van der Waals surface area (Å²) in [4.78, 5) is 41.0. The van der Waals surface area contributed by atoms with E-state index in [1.54, 1.807) is 30.3 Å². The van der Waals surface area contributed by atoms with Crippen molar-refractivity contribution >= 4 is 44.3 Å². The van der Waals surface area contributed by atoms with E-state index in [0.717, 1.165) is 10.0 Å². The van der Waals surface area contributed by atoms with E-state index in [1.807, 2.05) is 19.1 Å². The number of hydrogen-bond acceptors (Lipinski definition) is 3. The van der Waals surface area contributed by atoms with E-state index in [2.05, 4.69) is 26.2 Å². The molecule has 2 N–H and O–H groups in total. The summed E-state index contributed by atoms with van der Waals surface area (Å²) in [5.74, 6) is -0.703. The zero-order valence-corrected chi connectivity index (χ0v) is 16.5. The SMILES string of the molecule is Cc1cc(Br)ccc1NC(=O)CN(C)C(=O)c1cc(=O)[nH]c2ccccc12. The summed E-state index contributed by atoms with van der Waals surface area (Å²) >= 11 is 3.38. The van der Waals surface area contributed by atoms with Crippen molar-refractivity contribution in [3.63, 3.8) is 0 Å². The zero-order chi connectivity index (χ0) is 19.6. The van der Waals surface area contributed by atoms with E-state index >= 15 is 0 Å². The lowest BCUT2D eigenvalue weighted by molar-refractivity contribution is -0.116. The number of H-pyrrole nitrogens is 1. The van der Waals surface area contributed by atoms with Gasteiger partial charge in [-0.2, -0.15) is 0 Å². The number of hydrogen-bond donors (Lipinski definition) is 2. The molecule has 0 fully saturated rings. The number of aromatic nitrogens is 1. The minimum Gasteiger partial charge on any atom is -0.332 e. The van der Waals surface area contributed by atoms with Crippen molar-refractivity contribution in [3.05, 3.63) is 74.5 Å². The molecule has 0 atom stereocenters. The molecule has 2 aromatic carbocycles. The van der Waals surface area contributed by atoms with Gasteiger partial charge in [0.2, 0.25) is 11.5 Å². The molecule has 0 saturated carbocycles. The lowest BCUT2D eigenvalue weighted by atomic mass is 10.1. The number of aromatic amines is 1. The predicted octanol–water partition coefficient (Wildman–Crippen LogP) is 3.31. The van der Waals surface area contributed by atoms with Gasteiger partial charge >= 0.3 is 0 Å². The highest BCUT2D eigenvalue weighted by atomic mass is 79.9. The van der Waals surface area contributed by atoms with Crippen molar-refractivity contribution in [1.29, 1.82) is 0 Å². The molecule has 0 saturated heterocycles. The molecule has 3 aromatic rings. The highest BCUT2D eigenvalue weighted by Gasteiger charge is 2.18. The first-order valence-electron chi connectivity index (χ1n) is 8.28. The molecule has 0 spiro atoms. The Morgan fingerprint density at radius 3 is 2.63 bits per heavy atom. The third-order valence-electron chi connectivity index (χ3n) is 4.17. The van der Waals surface area contributed by atoms with Crippen LogP contribution in [-0.4, -0.2) is 35.3 Å². The molecule has 0 aliphatic heterocycles. The molecule has 0 radical (unpaired) electrons. The van der Waals surface area contributed by atoms with Crippen LogP contribution in [-0.2, 0) is 4.79 Å². The Morgan fingerprint density at radius 1 is 1.15 bits per heavy atom. The molecule has 2 amide bonds.